The normalized spacial score (nSPS) is 32.2. The number of aliphatic hydroxyl groups is 2. The van der Waals surface area contributed by atoms with Crippen molar-refractivity contribution in [2.24, 2.45) is 5.73 Å². The van der Waals surface area contributed by atoms with E-state index < -0.39 is 24.5 Å². The fourth-order valence-corrected chi connectivity index (χ4v) is 2.14. The summed E-state index contributed by atoms with van der Waals surface area (Å²) in [5.41, 5.74) is 7.09. The molecule has 0 aromatic carbocycles. The molecule has 18 heavy (non-hydrogen) atoms. The molecule has 1 aliphatic heterocycles. The zero-order valence-corrected chi connectivity index (χ0v) is 9.42. The monoisotopic (exact) mass is 251 g/mol. The number of hydrogen-bond donors (Lipinski definition) is 3. The molecule has 0 radical (unpaired) electrons. The van der Waals surface area contributed by atoms with Crippen molar-refractivity contribution < 1.29 is 14.9 Å². The highest BCUT2D eigenvalue weighted by atomic mass is 16.5. The predicted molar refractivity (Wildman–Crippen MR) is 60.3 cm³/mol. The number of nitrogens with two attached hydrogens (primary N) is 1. The van der Waals surface area contributed by atoms with Crippen LogP contribution in [0.15, 0.2) is 18.9 Å². The van der Waals surface area contributed by atoms with Crippen molar-refractivity contribution in [1.29, 1.82) is 0 Å². The number of fused-ring (bicyclic) bond motifs is 1. The summed E-state index contributed by atoms with van der Waals surface area (Å²) in [5.74, 6) is 0. The molecule has 1 fully saturated rings. The van der Waals surface area contributed by atoms with E-state index in [-0.39, 0.29) is 6.61 Å². The number of nitrogens with zero attached hydrogens (tertiary/aromatic N) is 4. The maximum atomic E-state index is 9.82. The maximum absolute atomic E-state index is 9.82. The number of rotatable bonds is 2. The van der Waals surface area contributed by atoms with E-state index in [9.17, 15) is 5.11 Å². The van der Waals surface area contributed by atoms with Gasteiger partial charge in [0.2, 0.25) is 0 Å². The van der Waals surface area contributed by atoms with E-state index in [1.54, 1.807) is 10.8 Å². The molecule has 8 nitrogen and oxygen atoms in total. The van der Waals surface area contributed by atoms with Gasteiger partial charge < -0.3 is 20.7 Å². The predicted octanol–water partition coefficient (Wildman–Crippen LogP) is -1.60. The Bertz CT molecular complexity index is 559. The molecule has 96 valence electrons. The molecule has 3 rings (SSSR count). The third kappa shape index (κ3) is 1.58. The van der Waals surface area contributed by atoms with Crippen LogP contribution in [0.5, 0.6) is 0 Å². The van der Waals surface area contributed by atoms with E-state index in [0.29, 0.717) is 11.2 Å². The molecule has 0 bridgehead atoms. The quantitative estimate of drug-likeness (QED) is 0.588. The third-order valence-corrected chi connectivity index (χ3v) is 3.11. The van der Waals surface area contributed by atoms with E-state index >= 15 is 0 Å². The number of aliphatic hydroxyl groups excluding tert-OH is 2. The second kappa shape index (κ2) is 4.25. The average molecular weight is 251 g/mol. The molecule has 0 spiro atoms. The molecule has 2 aromatic rings. The van der Waals surface area contributed by atoms with Crippen molar-refractivity contribution in [3.8, 4) is 0 Å². The van der Waals surface area contributed by atoms with E-state index in [1.165, 1.54) is 12.7 Å². The van der Waals surface area contributed by atoms with Gasteiger partial charge in [-0.05, 0) is 0 Å². The van der Waals surface area contributed by atoms with Gasteiger partial charge in [-0.15, -0.1) is 0 Å². The fraction of sp³-hybridized carbons (Fsp3) is 0.500. The van der Waals surface area contributed by atoms with Crippen molar-refractivity contribution >= 4 is 11.2 Å². The van der Waals surface area contributed by atoms with E-state index in [1.807, 2.05) is 0 Å². The summed E-state index contributed by atoms with van der Waals surface area (Å²) in [6.45, 7) is -0.285. The number of ether oxygens (including phenoxy) is 1. The minimum absolute atomic E-state index is 0.285. The van der Waals surface area contributed by atoms with Crippen LogP contribution in [-0.4, -0.2) is 54.6 Å². The summed E-state index contributed by atoms with van der Waals surface area (Å²) >= 11 is 0. The Morgan fingerprint density at radius 2 is 2.28 bits per heavy atom. The van der Waals surface area contributed by atoms with Crippen LogP contribution in [0.25, 0.3) is 11.2 Å². The summed E-state index contributed by atoms with van der Waals surface area (Å²) in [4.78, 5) is 12.1. The molecule has 4 atom stereocenters. The molecule has 4 N–H and O–H groups in total. The Morgan fingerprint density at radius 3 is 3.00 bits per heavy atom. The van der Waals surface area contributed by atoms with Crippen molar-refractivity contribution in [1.82, 2.24) is 19.5 Å². The molecule has 2 unspecified atom stereocenters. The van der Waals surface area contributed by atoms with Gasteiger partial charge >= 0.3 is 0 Å². The summed E-state index contributed by atoms with van der Waals surface area (Å²) in [6.07, 6.45) is 2.32. The summed E-state index contributed by atoms with van der Waals surface area (Å²) in [7, 11) is 0. The van der Waals surface area contributed by atoms with Gasteiger partial charge in [-0.25, -0.2) is 15.0 Å². The Hall–Kier alpha value is -1.61. The van der Waals surface area contributed by atoms with Crippen LogP contribution in [0.1, 0.15) is 6.23 Å². The second-order valence-corrected chi connectivity index (χ2v) is 4.20. The first-order valence-corrected chi connectivity index (χ1v) is 5.55. The van der Waals surface area contributed by atoms with Gasteiger partial charge in [0.15, 0.2) is 11.9 Å². The van der Waals surface area contributed by atoms with Crippen LogP contribution in [0.3, 0.4) is 0 Å². The molecule has 2 aromatic heterocycles. The van der Waals surface area contributed by atoms with E-state index in [2.05, 4.69) is 15.0 Å². The molecule has 8 heteroatoms. The highest BCUT2D eigenvalue weighted by molar-refractivity contribution is 5.69. The zero-order valence-electron chi connectivity index (χ0n) is 9.42. The Morgan fingerprint density at radius 1 is 1.44 bits per heavy atom. The topological polar surface area (TPSA) is 119 Å². The van der Waals surface area contributed by atoms with Gasteiger partial charge in [-0.3, -0.25) is 4.57 Å². The molecular formula is C10H13N5O3. The molecule has 1 aliphatic rings. The maximum Gasteiger partial charge on any atom is 0.165 e. The first kappa shape index (κ1) is 11.5. The van der Waals surface area contributed by atoms with Crippen LogP contribution in [0.4, 0.5) is 0 Å². The molecule has 3 heterocycles. The Labute approximate surface area is 102 Å². The van der Waals surface area contributed by atoms with Crippen LogP contribution >= 0.6 is 0 Å². The van der Waals surface area contributed by atoms with Crippen LogP contribution < -0.4 is 5.73 Å². The fourth-order valence-electron chi connectivity index (χ4n) is 2.14. The first-order chi connectivity index (χ1) is 8.72. The highest BCUT2D eigenvalue weighted by Crippen LogP contribution is 2.29. The van der Waals surface area contributed by atoms with Gasteiger partial charge in [0, 0.05) is 0 Å². The van der Waals surface area contributed by atoms with Gasteiger partial charge in [-0.1, -0.05) is 0 Å². The molecule has 0 amide bonds. The number of imidazole rings is 1. The largest absolute Gasteiger partial charge is 0.394 e. The standard InChI is InChI=1S/C10H13N5O3/c11-7-8(17)6(2-16)18-10(7)15-4-14-5-1-12-3-13-9(5)15/h1,3-4,6-8,10,16-17H,2,11H2/t6-,7?,8-,10?/m1/s1. The SMILES string of the molecule is NC1C(n2cnc3cncnc32)O[C@H](CO)[C@H]1O. The minimum Gasteiger partial charge on any atom is -0.394 e. The lowest BCUT2D eigenvalue weighted by molar-refractivity contribution is -0.0437. The second-order valence-electron chi connectivity index (χ2n) is 4.20. The molecule has 0 aliphatic carbocycles. The lowest BCUT2D eigenvalue weighted by atomic mass is 10.1. The number of aromatic nitrogens is 4. The molecule has 0 saturated carbocycles. The van der Waals surface area contributed by atoms with Gasteiger partial charge in [0.25, 0.3) is 0 Å². The lowest BCUT2D eigenvalue weighted by Gasteiger charge is -2.17. The van der Waals surface area contributed by atoms with Crippen molar-refractivity contribution in [3.63, 3.8) is 0 Å². The van der Waals surface area contributed by atoms with Gasteiger partial charge in [0.05, 0.1) is 25.2 Å². The van der Waals surface area contributed by atoms with Crippen molar-refractivity contribution in [3.05, 3.63) is 18.9 Å². The van der Waals surface area contributed by atoms with Crippen LogP contribution in [0, 0.1) is 0 Å². The van der Waals surface area contributed by atoms with Crippen molar-refractivity contribution in [2.45, 2.75) is 24.5 Å². The van der Waals surface area contributed by atoms with Crippen LogP contribution in [-0.2, 0) is 4.74 Å². The van der Waals surface area contributed by atoms with Crippen molar-refractivity contribution in [2.75, 3.05) is 6.61 Å². The summed E-state index contributed by atoms with van der Waals surface area (Å²) in [5, 5.41) is 18.9. The highest BCUT2D eigenvalue weighted by Gasteiger charge is 2.42. The summed E-state index contributed by atoms with van der Waals surface area (Å²) < 4.78 is 7.16. The lowest BCUT2D eigenvalue weighted by Crippen LogP contribution is -2.39. The Kier molecular flexibility index (Phi) is 2.71. The zero-order chi connectivity index (χ0) is 12.7. The van der Waals surface area contributed by atoms with E-state index in [0.717, 1.165) is 0 Å². The van der Waals surface area contributed by atoms with E-state index in [4.69, 9.17) is 15.6 Å². The first-order valence-electron chi connectivity index (χ1n) is 5.55. The smallest absolute Gasteiger partial charge is 0.165 e. The minimum atomic E-state index is -0.917. The Balaban J connectivity index is 2.00. The third-order valence-electron chi connectivity index (χ3n) is 3.11. The van der Waals surface area contributed by atoms with Gasteiger partial charge in [-0.2, -0.15) is 0 Å². The molecule has 1 saturated heterocycles. The average Bonchev–Trinajstić information content (AvgIpc) is 2.93. The van der Waals surface area contributed by atoms with Crippen LogP contribution in [0.2, 0.25) is 0 Å². The summed E-state index contributed by atoms with van der Waals surface area (Å²) in [6, 6.07) is -0.644. The van der Waals surface area contributed by atoms with Gasteiger partial charge in [0.1, 0.15) is 24.1 Å². The molecular weight excluding hydrogens is 238 g/mol. The number of hydrogen-bond acceptors (Lipinski definition) is 7.